The van der Waals surface area contributed by atoms with Crippen molar-refractivity contribution in [3.05, 3.63) is 137 Å². The Hall–Kier alpha value is -2.63. The molecule has 0 saturated heterocycles. The summed E-state index contributed by atoms with van der Waals surface area (Å²) in [5.74, 6) is 0. The zero-order chi connectivity index (χ0) is 21.4. The second-order valence-electron chi connectivity index (χ2n) is 7.34. The van der Waals surface area contributed by atoms with Crippen molar-refractivity contribution in [3.63, 3.8) is 0 Å². The zero-order valence-electron chi connectivity index (χ0n) is 17.3. The predicted octanol–water partition coefficient (Wildman–Crippen LogP) is 5.16. The molecule has 3 heteroatoms. The van der Waals surface area contributed by atoms with Crippen LogP contribution in [0.25, 0.3) is 0 Å². The van der Waals surface area contributed by atoms with Crippen molar-refractivity contribution in [2.45, 2.75) is 6.42 Å². The van der Waals surface area contributed by atoms with Gasteiger partial charge in [-0.25, -0.2) is 0 Å². The van der Waals surface area contributed by atoms with E-state index in [1.807, 2.05) is 72.8 Å². The third-order valence-electron chi connectivity index (χ3n) is 5.13. The molecular formula is C28H25OPSe. The molecule has 0 saturated carbocycles. The Morgan fingerprint density at radius 1 is 0.645 bits per heavy atom. The van der Waals surface area contributed by atoms with Crippen LogP contribution in [0.4, 0.5) is 0 Å². The van der Waals surface area contributed by atoms with Gasteiger partial charge in [-0.1, -0.05) is 0 Å². The first-order chi connectivity index (χ1) is 15.2. The van der Waals surface area contributed by atoms with Crippen LogP contribution in [0.15, 0.2) is 132 Å². The van der Waals surface area contributed by atoms with Gasteiger partial charge < -0.3 is 0 Å². The van der Waals surface area contributed by atoms with Crippen molar-refractivity contribution in [3.8, 4) is 0 Å². The molecular weight excluding hydrogens is 462 g/mol. The minimum atomic E-state index is -2.79. The Kier molecular flexibility index (Phi) is 7.39. The first-order valence-electron chi connectivity index (χ1n) is 10.4. The van der Waals surface area contributed by atoms with Gasteiger partial charge in [0.1, 0.15) is 0 Å². The van der Waals surface area contributed by atoms with Gasteiger partial charge in [0, 0.05) is 0 Å². The summed E-state index contributed by atoms with van der Waals surface area (Å²) in [7, 11) is -2.79. The topological polar surface area (TPSA) is 17.1 Å². The number of rotatable bonds is 8. The van der Waals surface area contributed by atoms with Crippen LogP contribution < -0.4 is 15.1 Å². The quantitative estimate of drug-likeness (QED) is 0.248. The summed E-state index contributed by atoms with van der Waals surface area (Å²) >= 11 is 0.120. The van der Waals surface area contributed by atoms with E-state index in [4.69, 9.17) is 0 Å². The number of allylic oxidation sites excluding steroid dienone is 2. The second kappa shape index (κ2) is 10.6. The summed E-state index contributed by atoms with van der Waals surface area (Å²) in [5.41, 5.74) is 1.28. The average molecular weight is 487 g/mol. The molecule has 0 N–H and O–H groups in total. The molecule has 0 atom stereocenters. The Labute approximate surface area is 191 Å². The van der Waals surface area contributed by atoms with Gasteiger partial charge in [0.15, 0.2) is 0 Å². The van der Waals surface area contributed by atoms with Crippen molar-refractivity contribution in [1.29, 1.82) is 0 Å². The zero-order valence-corrected chi connectivity index (χ0v) is 19.9. The monoisotopic (exact) mass is 488 g/mol. The number of hydrogen-bond donors (Lipinski definition) is 0. The molecule has 0 aromatic heterocycles. The van der Waals surface area contributed by atoms with Crippen LogP contribution >= 0.6 is 7.14 Å². The van der Waals surface area contributed by atoms with Gasteiger partial charge in [0.05, 0.1) is 0 Å². The third kappa shape index (κ3) is 5.75. The Morgan fingerprint density at radius 2 is 1.10 bits per heavy atom. The average Bonchev–Trinajstić information content (AvgIpc) is 2.85. The predicted molar refractivity (Wildman–Crippen MR) is 135 cm³/mol. The van der Waals surface area contributed by atoms with E-state index in [1.165, 1.54) is 14.5 Å². The van der Waals surface area contributed by atoms with Crippen molar-refractivity contribution in [1.82, 2.24) is 0 Å². The third-order valence-corrected chi connectivity index (χ3v) is 10.9. The molecule has 0 aliphatic heterocycles. The minimum absolute atomic E-state index is 0.120. The van der Waals surface area contributed by atoms with E-state index in [1.54, 1.807) is 0 Å². The standard InChI is InChI=1S/C28H25OPSe/c29-30(25-15-7-2-8-16-25,26-17-9-3-10-18-26)23-28(31-27-19-11-4-12-20-27)22-21-24-13-5-1-6-14-24/h1-20,22H,21,23H2/b28-22-. The SMILES string of the molecule is O=P(C/C(=C/Cc1ccccc1)[Se]c1ccccc1)(c1ccccc1)c1ccccc1. The fraction of sp³-hybridized carbons (Fsp3) is 0.0714. The molecule has 0 radical (unpaired) electrons. The van der Waals surface area contributed by atoms with Crippen LogP contribution in [-0.2, 0) is 11.0 Å². The summed E-state index contributed by atoms with van der Waals surface area (Å²) in [6.07, 6.45) is 3.73. The van der Waals surface area contributed by atoms with Gasteiger partial charge in [-0.3, -0.25) is 0 Å². The normalized spacial score (nSPS) is 11.9. The molecule has 0 aliphatic carbocycles. The summed E-state index contributed by atoms with van der Waals surface area (Å²) in [6.45, 7) is 0. The Bertz CT molecular complexity index is 1110. The van der Waals surface area contributed by atoms with Crippen molar-refractivity contribution < 1.29 is 4.57 Å². The van der Waals surface area contributed by atoms with Gasteiger partial charge in [-0.05, 0) is 0 Å². The molecule has 0 amide bonds. The van der Waals surface area contributed by atoms with E-state index in [0.717, 1.165) is 17.0 Å². The van der Waals surface area contributed by atoms with E-state index < -0.39 is 7.14 Å². The van der Waals surface area contributed by atoms with E-state index in [9.17, 15) is 4.57 Å². The van der Waals surface area contributed by atoms with E-state index in [-0.39, 0.29) is 15.0 Å². The molecule has 0 fully saturated rings. The molecule has 0 heterocycles. The first-order valence-corrected chi connectivity index (χ1v) is 14.0. The van der Waals surface area contributed by atoms with Gasteiger partial charge >= 0.3 is 192 Å². The molecule has 4 aromatic rings. The van der Waals surface area contributed by atoms with Crippen molar-refractivity contribution >= 4 is 37.2 Å². The summed E-state index contributed by atoms with van der Waals surface area (Å²) in [4.78, 5) is 0. The van der Waals surface area contributed by atoms with Crippen LogP contribution in [-0.4, -0.2) is 21.1 Å². The fourth-order valence-electron chi connectivity index (χ4n) is 3.51. The maximum atomic E-state index is 14.6. The molecule has 4 rings (SSSR count). The molecule has 1 nitrogen and oxygen atoms in total. The second-order valence-corrected chi connectivity index (χ2v) is 12.7. The summed E-state index contributed by atoms with van der Waals surface area (Å²) in [5, 5.41) is 1.85. The van der Waals surface area contributed by atoms with Crippen LogP contribution in [0.2, 0.25) is 0 Å². The fourth-order valence-corrected chi connectivity index (χ4v) is 9.27. The van der Waals surface area contributed by atoms with Crippen LogP contribution in [0, 0.1) is 0 Å². The molecule has 0 unspecified atom stereocenters. The number of hydrogen-bond acceptors (Lipinski definition) is 1. The Morgan fingerprint density at radius 3 is 1.61 bits per heavy atom. The van der Waals surface area contributed by atoms with Gasteiger partial charge in [0.2, 0.25) is 0 Å². The summed E-state index contributed by atoms with van der Waals surface area (Å²) in [6, 6.07) is 41.0. The van der Waals surface area contributed by atoms with E-state index in [2.05, 4.69) is 54.6 Å². The van der Waals surface area contributed by atoms with Gasteiger partial charge in [-0.15, -0.1) is 0 Å². The van der Waals surface area contributed by atoms with E-state index >= 15 is 0 Å². The first kappa shape index (κ1) is 21.6. The van der Waals surface area contributed by atoms with Crippen LogP contribution in [0.1, 0.15) is 5.56 Å². The molecule has 0 aliphatic rings. The Balaban J connectivity index is 1.72. The maximum absolute atomic E-state index is 14.6. The number of benzene rings is 4. The molecule has 154 valence electrons. The van der Waals surface area contributed by atoms with Crippen molar-refractivity contribution in [2.75, 3.05) is 6.16 Å². The van der Waals surface area contributed by atoms with Gasteiger partial charge in [0.25, 0.3) is 0 Å². The molecule has 0 spiro atoms. The van der Waals surface area contributed by atoms with E-state index in [0.29, 0.717) is 6.16 Å². The molecule has 4 aromatic carbocycles. The van der Waals surface area contributed by atoms with Crippen molar-refractivity contribution in [2.24, 2.45) is 0 Å². The molecule has 31 heavy (non-hydrogen) atoms. The molecule has 0 bridgehead atoms. The summed E-state index contributed by atoms with van der Waals surface area (Å²) < 4.78 is 17.2. The van der Waals surface area contributed by atoms with Crippen LogP contribution in [0.5, 0.6) is 0 Å². The van der Waals surface area contributed by atoms with Crippen LogP contribution in [0.3, 0.4) is 0 Å². The van der Waals surface area contributed by atoms with Gasteiger partial charge in [-0.2, -0.15) is 0 Å².